The van der Waals surface area contributed by atoms with Gasteiger partial charge in [0.25, 0.3) is 0 Å². The molecule has 0 fully saturated rings. The highest BCUT2D eigenvalue weighted by molar-refractivity contribution is 7.90. The number of hydrogen-bond acceptors (Lipinski definition) is 4. The third-order valence-corrected chi connectivity index (χ3v) is 2.88. The van der Waals surface area contributed by atoms with Gasteiger partial charge in [-0.2, -0.15) is 0 Å². The molecule has 0 aliphatic rings. The monoisotopic (exact) mass is 243 g/mol. The second kappa shape index (κ2) is 7.45. The van der Waals surface area contributed by atoms with E-state index in [4.69, 9.17) is 16.3 Å². The lowest BCUT2D eigenvalue weighted by Gasteiger charge is -2.19. The molecule has 0 radical (unpaired) electrons. The molecular formula is C8H18ClNO3S. The summed E-state index contributed by atoms with van der Waals surface area (Å²) in [5.74, 6) is 0.682. The molecule has 0 aliphatic heterocycles. The zero-order valence-electron chi connectivity index (χ0n) is 8.70. The van der Waals surface area contributed by atoms with Gasteiger partial charge in [0.2, 0.25) is 0 Å². The molecule has 0 heterocycles. The number of methoxy groups -OCH3 is 1. The summed E-state index contributed by atoms with van der Waals surface area (Å²) in [6.07, 6.45) is 1.24. The third kappa shape index (κ3) is 8.74. The first-order chi connectivity index (χ1) is 6.49. The maximum absolute atomic E-state index is 10.9. The number of sulfone groups is 1. The lowest BCUT2D eigenvalue weighted by molar-refractivity contribution is 0.155. The predicted molar refractivity (Wildman–Crippen MR) is 58.7 cm³/mol. The molecule has 0 aliphatic carbocycles. The van der Waals surface area contributed by atoms with E-state index in [-0.39, 0.29) is 5.75 Å². The van der Waals surface area contributed by atoms with Crippen LogP contribution < -0.4 is 0 Å². The van der Waals surface area contributed by atoms with E-state index in [0.29, 0.717) is 25.6 Å². The van der Waals surface area contributed by atoms with E-state index in [1.54, 1.807) is 7.11 Å². The van der Waals surface area contributed by atoms with Gasteiger partial charge < -0.3 is 4.74 Å². The van der Waals surface area contributed by atoms with Crippen LogP contribution in [0.1, 0.15) is 0 Å². The van der Waals surface area contributed by atoms with Crippen LogP contribution in [-0.2, 0) is 14.6 Å². The van der Waals surface area contributed by atoms with Gasteiger partial charge in [-0.05, 0) is 0 Å². The van der Waals surface area contributed by atoms with E-state index in [9.17, 15) is 8.42 Å². The van der Waals surface area contributed by atoms with Crippen molar-refractivity contribution >= 4 is 21.4 Å². The molecule has 0 saturated heterocycles. The van der Waals surface area contributed by atoms with Crippen LogP contribution in [0.2, 0.25) is 0 Å². The van der Waals surface area contributed by atoms with E-state index >= 15 is 0 Å². The minimum atomic E-state index is -2.89. The molecule has 6 heteroatoms. The van der Waals surface area contributed by atoms with Crippen LogP contribution in [0, 0.1) is 0 Å². The average Bonchev–Trinajstić information content (AvgIpc) is 2.08. The van der Waals surface area contributed by atoms with Crippen LogP contribution in [-0.4, -0.2) is 64.6 Å². The molecule has 0 unspecified atom stereocenters. The summed E-state index contributed by atoms with van der Waals surface area (Å²) < 4.78 is 26.8. The number of rotatable bonds is 8. The van der Waals surface area contributed by atoms with E-state index < -0.39 is 9.84 Å². The van der Waals surface area contributed by atoms with E-state index in [1.807, 2.05) is 4.90 Å². The SMILES string of the molecule is COCCN(CCCl)CCS(C)(=O)=O. The third-order valence-electron chi connectivity index (χ3n) is 1.79. The minimum absolute atomic E-state index is 0.174. The molecule has 0 atom stereocenters. The standard InChI is InChI=1S/C8H18ClNO3S/c1-13-7-5-10(4-3-9)6-8-14(2,11)12/h3-8H2,1-2H3. The lowest BCUT2D eigenvalue weighted by atomic mass is 10.5. The van der Waals surface area contributed by atoms with Crippen molar-refractivity contribution in [1.29, 1.82) is 0 Å². The minimum Gasteiger partial charge on any atom is -0.383 e. The Hall–Kier alpha value is 0.160. The van der Waals surface area contributed by atoms with Crippen LogP contribution >= 0.6 is 11.6 Å². The number of hydrogen-bond donors (Lipinski definition) is 0. The van der Waals surface area contributed by atoms with E-state index in [2.05, 4.69) is 0 Å². The second-order valence-electron chi connectivity index (χ2n) is 3.15. The first-order valence-corrected chi connectivity index (χ1v) is 7.04. The van der Waals surface area contributed by atoms with Crippen molar-refractivity contribution in [3.8, 4) is 0 Å². The lowest BCUT2D eigenvalue weighted by Crippen LogP contribution is -2.33. The maximum atomic E-state index is 10.9. The summed E-state index contributed by atoms with van der Waals surface area (Å²) in [6, 6.07) is 0. The highest BCUT2D eigenvalue weighted by Crippen LogP contribution is 1.93. The molecule has 0 bridgehead atoms. The summed E-state index contributed by atoms with van der Waals surface area (Å²) in [6.45, 7) is 2.54. The summed E-state index contributed by atoms with van der Waals surface area (Å²) in [5, 5.41) is 0. The molecule has 0 N–H and O–H groups in total. The number of ether oxygens (including phenoxy) is 1. The van der Waals surface area contributed by atoms with Gasteiger partial charge in [-0.25, -0.2) is 8.42 Å². The van der Waals surface area contributed by atoms with Gasteiger partial charge in [0.15, 0.2) is 0 Å². The first-order valence-electron chi connectivity index (χ1n) is 4.44. The topological polar surface area (TPSA) is 46.6 Å². The van der Waals surface area contributed by atoms with Gasteiger partial charge in [-0.3, -0.25) is 4.90 Å². The number of nitrogens with zero attached hydrogens (tertiary/aromatic N) is 1. The Bertz CT molecular complexity index is 231. The Balaban J connectivity index is 3.84. The fraction of sp³-hybridized carbons (Fsp3) is 1.00. The number of halogens is 1. The largest absolute Gasteiger partial charge is 0.383 e. The molecule has 0 rings (SSSR count). The Labute approximate surface area is 91.1 Å². The molecule has 0 aromatic carbocycles. The van der Waals surface area contributed by atoms with Crippen molar-refractivity contribution in [3.05, 3.63) is 0 Å². The smallest absolute Gasteiger partial charge is 0.148 e. The van der Waals surface area contributed by atoms with Crippen molar-refractivity contribution in [3.63, 3.8) is 0 Å². The van der Waals surface area contributed by atoms with Gasteiger partial charge >= 0.3 is 0 Å². The zero-order valence-corrected chi connectivity index (χ0v) is 10.3. The molecule has 0 amide bonds. The van der Waals surface area contributed by atoms with E-state index in [0.717, 1.165) is 6.54 Å². The Morgan fingerprint density at radius 3 is 2.36 bits per heavy atom. The molecule has 0 aromatic heterocycles. The maximum Gasteiger partial charge on any atom is 0.148 e. The molecule has 0 saturated carbocycles. The predicted octanol–water partition coefficient (Wildman–Crippen LogP) is 0.218. The Morgan fingerprint density at radius 1 is 1.29 bits per heavy atom. The van der Waals surface area contributed by atoms with Crippen molar-refractivity contribution in [2.45, 2.75) is 0 Å². The quantitative estimate of drug-likeness (QED) is 0.572. The van der Waals surface area contributed by atoms with Crippen LogP contribution in [0.5, 0.6) is 0 Å². The molecule has 86 valence electrons. The van der Waals surface area contributed by atoms with Crippen molar-refractivity contribution < 1.29 is 13.2 Å². The van der Waals surface area contributed by atoms with Gasteiger partial charge in [0.1, 0.15) is 9.84 Å². The number of alkyl halides is 1. The van der Waals surface area contributed by atoms with Crippen LogP contribution in [0.25, 0.3) is 0 Å². The highest BCUT2D eigenvalue weighted by atomic mass is 35.5. The molecule has 0 aromatic rings. The fourth-order valence-corrected chi connectivity index (χ4v) is 1.80. The van der Waals surface area contributed by atoms with Crippen molar-refractivity contribution in [1.82, 2.24) is 4.90 Å². The van der Waals surface area contributed by atoms with Crippen LogP contribution in [0.3, 0.4) is 0 Å². The Kier molecular flexibility index (Phi) is 7.54. The van der Waals surface area contributed by atoms with Crippen molar-refractivity contribution in [2.75, 3.05) is 51.2 Å². The summed E-state index contributed by atoms with van der Waals surface area (Å²) >= 11 is 5.59. The van der Waals surface area contributed by atoms with Gasteiger partial charge in [0.05, 0.1) is 12.4 Å². The molecule has 0 spiro atoms. The normalized spacial score (nSPS) is 12.3. The van der Waals surface area contributed by atoms with Crippen LogP contribution in [0.4, 0.5) is 0 Å². The zero-order chi connectivity index (χ0) is 11.0. The van der Waals surface area contributed by atoms with Crippen molar-refractivity contribution in [2.24, 2.45) is 0 Å². The Morgan fingerprint density at radius 2 is 1.93 bits per heavy atom. The second-order valence-corrected chi connectivity index (χ2v) is 5.79. The van der Waals surface area contributed by atoms with Gasteiger partial charge in [0, 0.05) is 38.9 Å². The summed E-state index contributed by atoms with van der Waals surface area (Å²) in [4.78, 5) is 1.98. The highest BCUT2D eigenvalue weighted by Gasteiger charge is 2.08. The molecule has 14 heavy (non-hydrogen) atoms. The average molecular weight is 244 g/mol. The molecular weight excluding hydrogens is 226 g/mol. The van der Waals surface area contributed by atoms with Gasteiger partial charge in [-0.1, -0.05) is 0 Å². The first kappa shape index (κ1) is 14.2. The van der Waals surface area contributed by atoms with Gasteiger partial charge in [-0.15, -0.1) is 11.6 Å². The summed E-state index contributed by atoms with van der Waals surface area (Å²) in [7, 11) is -1.27. The summed E-state index contributed by atoms with van der Waals surface area (Å²) in [5.41, 5.74) is 0. The van der Waals surface area contributed by atoms with Crippen LogP contribution in [0.15, 0.2) is 0 Å². The molecule has 4 nitrogen and oxygen atoms in total. The van der Waals surface area contributed by atoms with E-state index in [1.165, 1.54) is 6.26 Å². The fourth-order valence-electron chi connectivity index (χ4n) is 0.970.